The van der Waals surface area contributed by atoms with E-state index in [0.717, 1.165) is 17.0 Å². The van der Waals surface area contributed by atoms with Gasteiger partial charge >= 0.3 is 0 Å². The fraction of sp³-hybridized carbons (Fsp3) is 0.667. The van der Waals surface area contributed by atoms with E-state index in [4.69, 9.17) is 10.7 Å². The van der Waals surface area contributed by atoms with Crippen LogP contribution in [0.3, 0.4) is 0 Å². The molecule has 0 atom stereocenters. The van der Waals surface area contributed by atoms with E-state index in [1.807, 2.05) is 6.20 Å². The first-order valence-electron chi connectivity index (χ1n) is 7.93. The summed E-state index contributed by atoms with van der Waals surface area (Å²) in [7, 11) is 0. The van der Waals surface area contributed by atoms with Crippen LogP contribution in [0.4, 0.5) is 5.95 Å². The fourth-order valence-corrected chi connectivity index (χ4v) is 2.72. The third-order valence-corrected chi connectivity index (χ3v) is 3.88. The van der Waals surface area contributed by atoms with Gasteiger partial charge in [-0.1, -0.05) is 62.3 Å². The summed E-state index contributed by atoms with van der Waals surface area (Å²) >= 11 is 0. The van der Waals surface area contributed by atoms with Crippen LogP contribution in [0.2, 0.25) is 0 Å². The number of nitrogen functional groups attached to an aromatic ring is 1. The van der Waals surface area contributed by atoms with Gasteiger partial charge in [-0.15, -0.1) is 0 Å². The molecule has 122 valence electrons. The molecule has 0 saturated heterocycles. The van der Waals surface area contributed by atoms with Crippen molar-refractivity contribution in [3.8, 4) is 0 Å². The molecule has 0 aliphatic carbocycles. The SMILES string of the molecule is CC(C)(C)c1cnc(N)n2c(C(C)(C)C)nc(C(C)(C)C)c12. The minimum atomic E-state index is -0.0985. The second kappa shape index (κ2) is 4.71. The minimum absolute atomic E-state index is 0.0167. The highest BCUT2D eigenvalue weighted by molar-refractivity contribution is 5.66. The van der Waals surface area contributed by atoms with Gasteiger partial charge in [-0.05, 0) is 5.41 Å². The number of fused-ring (bicyclic) bond motifs is 1. The van der Waals surface area contributed by atoms with Crippen LogP contribution in [0.5, 0.6) is 0 Å². The minimum Gasteiger partial charge on any atom is -0.369 e. The van der Waals surface area contributed by atoms with E-state index in [-0.39, 0.29) is 16.2 Å². The molecular weight excluding hydrogens is 272 g/mol. The number of nitrogens with zero attached hydrogens (tertiary/aromatic N) is 3. The maximum absolute atomic E-state index is 6.23. The first kappa shape index (κ1) is 16.8. The fourth-order valence-electron chi connectivity index (χ4n) is 2.72. The molecule has 0 aliphatic rings. The van der Waals surface area contributed by atoms with Gasteiger partial charge in [0.2, 0.25) is 5.95 Å². The number of anilines is 1. The summed E-state index contributed by atoms with van der Waals surface area (Å²) < 4.78 is 2.06. The molecule has 0 radical (unpaired) electrons. The Hall–Kier alpha value is -1.58. The standard InChI is InChI=1S/C18H30N4/c1-16(2,3)11-10-20-15(19)22-12(11)13(17(4,5)6)21-14(22)18(7,8)9/h10H,1-9H3,(H2,19,20). The van der Waals surface area contributed by atoms with E-state index in [1.54, 1.807) is 0 Å². The highest BCUT2D eigenvalue weighted by Crippen LogP contribution is 2.37. The lowest BCUT2D eigenvalue weighted by atomic mass is 9.83. The van der Waals surface area contributed by atoms with Crippen molar-refractivity contribution in [2.75, 3.05) is 5.73 Å². The van der Waals surface area contributed by atoms with Crippen molar-refractivity contribution in [2.45, 2.75) is 78.6 Å². The van der Waals surface area contributed by atoms with Gasteiger partial charge in [-0.25, -0.2) is 9.97 Å². The second-order valence-corrected chi connectivity index (χ2v) is 9.25. The van der Waals surface area contributed by atoms with Crippen LogP contribution in [-0.2, 0) is 16.2 Å². The van der Waals surface area contributed by atoms with E-state index in [1.165, 1.54) is 5.56 Å². The number of aromatic nitrogens is 3. The highest BCUT2D eigenvalue weighted by Gasteiger charge is 2.32. The van der Waals surface area contributed by atoms with E-state index in [2.05, 4.69) is 71.7 Å². The third kappa shape index (κ3) is 2.71. The smallest absolute Gasteiger partial charge is 0.206 e. The molecule has 0 saturated carbocycles. The molecule has 22 heavy (non-hydrogen) atoms. The van der Waals surface area contributed by atoms with Crippen molar-refractivity contribution < 1.29 is 0 Å². The van der Waals surface area contributed by atoms with Crippen molar-refractivity contribution in [3.05, 3.63) is 23.3 Å². The lowest BCUT2D eigenvalue weighted by Crippen LogP contribution is -2.20. The number of nitrogens with two attached hydrogens (primary N) is 1. The van der Waals surface area contributed by atoms with Gasteiger partial charge in [0.25, 0.3) is 0 Å². The molecular formula is C18H30N4. The Bertz CT molecular complexity index is 704. The van der Waals surface area contributed by atoms with Crippen LogP contribution in [0.25, 0.3) is 5.52 Å². The zero-order chi connectivity index (χ0) is 17.1. The van der Waals surface area contributed by atoms with Gasteiger partial charge in [-0.3, -0.25) is 4.40 Å². The maximum atomic E-state index is 6.23. The Balaban J connectivity index is 3.06. The molecule has 2 rings (SSSR count). The first-order chi connectivity index (χ1) is 9.74. The Morgan fingerprint density at radius 3 is 1.82 bits per heavy atom. The molecule has 0 aliphatic heterocycles. The van der Waals surface area contributed by atoms with Gasteiger partial charge in [-0.2, -0.15) is 0 Å². The Kier molecular flexibility index (Phi) is 3.59. The molecule has 0 aromatic carbocycles. The van der Waals surface area contributed by atoms with Gasteiger partial charge < -0.3 is 5.73 Å². The summed E-state index contributed by atoms with van der Waals surface area (Å²) in [5.41, 5.74) is 9.47. The molecule has 4 nitrogen and oxygen atoms in total. The van der Waals surface area contributed by atoms with Crippen molar-refractivity contribution >= 4 is 11.5 Å². The third-order valence-electron chi connectivity index (χ3n) is 3.88. The molecule has 0 bridgehead atoms. The molecule has 0 amide bonds. The number of rotatable bonds is 0. The molecule has 2 heterocycles. The number of hydrogen-bond acceptors (Lipinski definition) is 3. The van der Waals surface area contributed by atoms with Gasteiger partial charge in [0.15, 0.2) is 0 Å². The molecule has 0 fully saturated rings. The average molecular weight is 302 g/mol. The van der Waals surface area contributed by atoms with E-state index in [0.29, 0.717) is 5.95 Å². The van der Waals surface area contributed by atoms with E-state index < -0.39 is 0 Å². The van der Waals surface area contributed by atoms with Crippen molar-refractivity contribution in [1.82, 2.24) is 14.4 Å². The summed E-state index contributed by atoms with van der Waals surface area (Å²) in [6, 6.07) is 0. The zero-order valence-electron chi connectivity index (χ0n) is 15.5. The highest BCUT2D eigenvalue weighted by atomic mass is 15.2. The lowest BCUT2D eigenvalue weighted by molar-refractivity contribution is 0.529. The summed E-state index contributed by atoms with van der Waals surface area (Å²) in [5, 5.41) is 0. The van der Waals surface area contributed by atoms with Gasteiger partial charge in [0, 0.05) is 22.6 Å². The zero-order valence-corrected chi connectivity index (χ0v) is 15.5. The quantitative estimate of drug-likeness (QED) is 0.793. The summed E-state index contributed by atoms with van der Waals surface area (Å²) in [6.07, 6.45) is 1.91. The predicted molar refractivity (Wildman–Crippen MR) is 93.5 cm³/mol. The largest absolute Gasteiger partial charge is 0.369 e. The van der Waals surface area contributed by atoms with Crippen LogP contribution in [0, 0.1) is 0 Å². The molecule has 0 spiro atoms. The van der Waals surface area contributed by atoms with Crippen molar-refractivity contribution in [3.63, 3.8) is 0 Å². The number of imidazole rings is 1. The van der Waals surface area contributed by atoms with Crippen LogP contribution in [-0.4, -0.2) is 14.4 Å². The summed E-state index contributed by atoms with van der Waals surface area (Å²) in [5.74, 6) is 1.49. The van der Waals surface area contributed by atoms with E-state index in [9.17, 15) is 0 Å². The molecule has 4 heteroatoms. The predicted octanol–water partition coefficient (Wildman–Crippen LogP) is 4.20. The molecule has 2 aromatic rings. The van der Waals surface area contributed by atoms with Gasteiger partial charge in [0.05, 0.1) is 11.2 Å². The Morgan fingerprint density at radius 2 is 1.41 bits per heavy atom. The normalized spacial score (nSPS) is 13.9. The number of hydrogen-bond donors (Lipinski definition) is 1. The first-order valence-corrected chi connectivity index (χ1v) is 7.93. The van der Waals surface area contributed by atoms with Crippen LogP contribution >= 0.6 is 0 Å². The van der Waals surface area contributed by atoms with Gasteiger partial charge in [0.1, 0.15) is 5.82 Å². The van der Waals surface area contributed by atoms with Crippen LogP contribution in [0.15, 0.2) is 6.20 Å². The summed E-state index contributed by atoms with van der Waals surface area (Å²) in [6.45, 7) is 19.7. The van der Waals surface area contributed by atoms with E-state index >= 15 is 0 Å². The second-order valence-electron chi connectivity index (χ2n) is 9.25. The lowest BCUT2D eigenvalue weighted by Gasteiger charge is -2.24. The Labute approximate surface area is 134 Å². The maximum Gasteiger partial charge on any atom is 0.206 e. The average Bonchev–Trinajstić information content (AvgIpc) is 2.67. The molecule has 2 aromatic heterocycles. The molecule has 0 unspecified atom stereocenters. The van der Waals surface area contributed by atoms with Crippen molar-refractivity contribution in [1.29, 1.82) is 0 Å². The molecule has 2 N–H and O–H groups in total. The Morgan fingerprint density at radius 1 is 0.864 bits per heavy atom. The topological polar surface area (TPSA) is 56.2 Å². The monoisotopic (exact) mass is 302 g/mol. The van der Waals surface area contributed by atoms with Crippen LogP contribution < -0.4 is 5.73 Å². The van der Waals surface area contributed by atoms with Crippen molar-refractivity contribution in [2.24, 2.45) is 0 Å². The summed E-state index contributed by atoms with van der Waals surface area (Å²) in [4.78, 5) is 9.45. The van der Waals surface area contributed by atoms with Crippen LogP contribution in [0.1, 0.15) is 79.4 Å².